The third-order valence-electron chi connectivity index (χ3n) is 3.82. The topological polar surface area (TPSA) is 84.0 Å². The first kappa shape index (κ1) is 21.7. The Bertz CT molecular complexity index is 1070. The van der Waals surface area contributed by atoms with Gasteiger partial charge in [0, 0.05) is 23.6 Å². The molecule has 3 rings (SSSR count). The quantitative estimate of drug-likeness (QED) is 0.547. The lowest BCUT2D eigenvalue weighted by molar-refractivity contribution is -0.137. The van der Waals surface area contributed by atoms with Crippen molar-refractivity contribution < 1.29 is 22.8 Å². The normalized spacial score (nSPS) is 11.2. The fourth-order valence-electron chi connectivity index (χ4n) is 2.47. The van der Waals surface area contributed by atoms with Crippen molar-refractivity contribution in [3.8, 4) is 0 Å². The molecule has 2 amide bonds. The summed E-state index contributed by atoms with van der Waals surface area (Å²) >= 11 is 6.86. The molecule has 3 aromatic rings. The smallest absolute Gasteiger partial charge is 0.325 e. The second-order valence-corrected chi connectivity index (χ2v) is 7.56. The van der Waals surface area contributed by atoms with Gasteiger partial charge in [0.1, 0.15) is 5.01 Å². The van der Waals surface area contributed by atoms with Crippen molar-refractivity contribution in [3.63, 3.8) is 0 Å². The first-order valence-corrected chi connectivity index (χ1v) is 9.77. The maximum Gasteiger partial charge on any atom is 0.418 e. The van der Waals surface area contributed by atoms with Gasteiger partial charge in [-0.05, 0) is 30.3 Å². The Balaban J connectivity index is 1.57. The summed E-state index contributed by atoms with van der Waals surface area (Å²) in [5.74, 6) is -1.09. The van der Waals surface area contributed by atoms with Crippen molar-refractivity contribution >= 4 is 46.1 Å². The standard InChI is InChI=1S/C19H14ClF3N4O2S/c20-11-4-3-5-12(10-11)24-17(29)18-27-26-16(30-18)9-8-15(28)25-14-7-2-1-6-13(14)19(21,22)23/h1-7,10H,8-9H2,(H,24,29)(H,25,28). The maximum atomic E-state index is 13.0. The lowest BCUT2D eigenvalue weighted by Gasteiger charge is -2.13. The highest BCUT2D eigenvalue weighted by Gasteiger charge is 2.33. The van der Waals surface area contributed by atoms with Crippen LogP contribution in [0.1, 0.15) is 26.8 Å². The van der Waals surface area contributed by atoms with E-state index in [4.69, 9.17) is 11.6 Å². The highest BCUT2D eigenvalue weighted by Crippen LogP contribution is 2.34. The van der Waals surface area contributed by atoms with E-state index in [9.17, 15) is 22.8 Å². The Hall–Kier alpha value is -2.98. The molecule has 0 aliphatic heterocycles. The van der Waals surface area contributed by atoms with Crippen molar-refractivity contribution in [1.82, 2.24) is 10.2 Å². The molecule has 0 saturated carbocycles. The van der Waals surface area contributed by atoms with Crippen LogP contribution in [0.2, 0.25) is 5.02 Å². The lowest BCUT2D eigenvalue weighted by Crippen LogP contribution is -2.16. The van der Waals surface area contributed by atoms with Crippen molar-refractivity contribution in [3.05, 3.63) is 69.1 Å². The maximum absolute atomic E-state index is 13.0. The van der Waals surface area contributed by atoms with Crippen LogP contribution in [0.4, 0.5) is 24.5 Å². The Morgan fingerprint density at radius 2 is 1.80 bits per heavy atom. The number of carbonyl (C=O) groups excluding carboxylic acids is 2. The number of para-hydroxylation sites is 1. The Morgan fingerprint density at radius 1 is 1.03 bits per heavy atom. The minimum absolute atomic E-state index is 0.0906. The average molecular weight is 455 g/mol. The number of carbonyl (C=O) groups is 2. The van der Waals surface area contributed by atoms with Gasteiger partial charge in [-0.2, -0.15) is 13.2 Å². The van der Waals surface area contributed by atoms with E-state index >= 15 is 0 Å². The van der Waals surface area contributed by atoms with Crippen LogP contribution < -0.4 is 10.6 Å². The monoisotopic (exact) mass is 454 g/mol. The molecule has 0 saturated heterocycles. The number of aromatic nitrogens is 2. The highest BCUT2D eigenvalue weighted by molar-refractivity contribution is 7.13. The van der Waals surface area contributed by atoms with Gasteiger partial charge < -0.3 is 10.6 Å². The number of hydrogen-bond donors (Lipinski definition) is 2. The zero-order valence-corrected chi connectivity index (χ0v) is 16.7. The number of benzene rings is 2. The molecule has 0 atom stereocenters. The molecule has 2 N–H and O–H groups in total. The molecule has 11 heteroatoms. The number of nitrogens with zero attached hydrogens (tertiary/aromatic N) is 2. The molecule has 0 aliphatic carbocycles. The van der Waals surface area contributed by atoms with E-state index in [0.29, 0.717) is 15.7 Å². The summed E-state index contributed by atoms with van der Waals surface area (Å²) in [4.78, 5) is 24.3. The molecule has 0 bridgehead atoms. The molecule has 6 nitrogen and oxygen atoms in total. The molecule has 1 heterocycles. The number of nitrogens with one attached hydrogen (secondary N) is 2. The van der Waals surface area contributed by atoms with Gasteiger partial charge in [-0.1, -0.05) is 41.1 Å². The summed E-state index contributed by atoms with van der Waals surface area (Å²) in [6.07, 6.45) is -4.56. The van der Waals surface area contributed by atoms with Gasteiger partial charge in [-0.15, -0.1) is 10.2 Å². The van der Waals surface area contributed by atoms with Crippen LogP contribution in [0, 0.1) is 0 Å². The highest BCUT2D eigenvalue weighted by atomic mass is 35.5. The zero-order valence-electron chi connectivity index (χ0n) is 15.2. The Labute approximate surface area is 178 Å². The van der Waals surface area contributed by atoms with E-state index in [1.165, 1.54) is 18.2 Å². The third-order valence-corrected chi connectivity index (χ3v) is 5.03. The molecule has 0 radical (unpaired) electrons. The van der Waals surface area contributed by atoms with E-state index in [2.05, 4.69) is 20.8 Å². The predicted octanol–water partition coefficient (Wildman–Crippen LogP) is 5.03. The minimum Gasteiger partial charge on any atom is -0.325 e. The second-order valence-electron chi connectivity index (χ2n) is 6.06. The van der Waals surface area contributed by atoms with Crippen LogP contribution in [-0.2, 0) is 17.4 Å². The summed E-state index contributed by atoms with van der Waals surface area (Å²) < 4.78 is 39.0. The van der Waals surface area contributed by atoms with Crippen LogP contribution in [0.3, 0.4) is 0 Å². The van der Waals surface area contributed by atoms with Gasteiger partial charge in [0.05, 0.1) is 11.3 Å². The lowest BCUT2D eigenvalue weighted by atomic mass is 10.1. The average Bonchev–Trinajstić information content (AvgIpc) is 3.15. The van der Waals surface area contributed by atoms with Crippen LogP contribution in [-0.4, -0.2) is 22.0 Å². The molecule has 1 aromatic heterocycles. The van der Waals surface area contributed by atoms with Gasteiger partial charge in [-0.3, -0.25) is 9.59 Å². The van der Waals surface area contributed by atoms with Crippen molar-refractivity contribution in [2.45, 2.75) is 19.0 Å². The van der Waals surface area contributed by atoms with Crippen molar-refractivity contribution in [1.29, 1.82) is 0 Å². The van der Waals surface area contributed by atoms with E-state index < -0.39 is 23.6 Å². The number of anilines is 2. The van der Waals surface area contributed by atoms with E-state index in [-0.39, 0.29) is 23.5 Å². The van der Waals surface area contributed by atoms with E-state index in [1.54, 1.807) is 24.3 Å². The number of hydrogen-bond acceptors (Lipinski definition) is 5. The minimum atomic E-state index is -4.58. The molecule has 2 aromatic carbocycles. The molecule has 0 fully saturated rings. The van der Waals surface area contributed by atoms with Crippen molar-refractivity contribution in [2.24, 2.45) is 0 Å². The molecule has 0 aliphatic rings. The molecule has 156 valence electrons. The number of aryl methyl sites for hydroxylation is 1. The van der Waals surface area contributed by atoms with Gasteiger partial charge in [0.15, 0.2) is 0 Å². The van der Waals surface area contributed by atoms with Gasteiger partial charge in [0.2, 0.25) is 10.9 Å². The van der Waals surface area contributed by atoms with Crippen LogP contribution in [0.25, 0.3) is 0 Å². The summed E-state index contributed by atoms with van der Waals surface area (Å²) in [6, 6.07) is 11.3. The van der Waals surface area contributed by atoms with E-state index in [0.717, 1.165) is 17.4 Å². The zero-order chi connectivity index (χ0) is 21.7. The van der Waals surface area contributed by atoms with Gasteiger partial charge in [0.25, 0.3) is 5.91 Å². The molecular formula is C19H14ClF3N4O2S. The van der Waals surface area contributed by atoms with Crippen LogP contribution >= 0.6 is 22.9 Å². The first-order chi connectivity index (χ1) is 14.2. The number of alkyl halides is 3. The SMILES string of the molecule is O=C(CCc1nnc(C(=O)Nc2cccc(Cl)c2)s1)Nc1ccccc1C(F)(F)F. The van der Waals surface area contributed by atoms with Crippen LogP contribution in [0.15, 0.2) is 48.5 Å². The molecule has 30 heavy (non-hydrogen) atoms. The summed E-state index contributed by atoms with van der Waals surface area (Å²) in [7, 11) is 0. The predicted molar refractivity (Wildman–Crippen MR) is 108 cm³/mol. The third kappa shape index (κ3) is 5.77. The molecule has 0 spiro atoms. The fourth-order valence-corrected chi connectivity index (χ4v) is 3.39. The summed E-state index contributed by atoms with van der Waals surface area (Å²) in [6.45, 7) is 0. The van der Waals surface area contributed by atoms with Crippen molar-refractivity contribution in [2.75, 3.05) is 10.6 Å². The largest absolute Gasteiger partial charge is 0.418 e. The summed E-state index contributed by atoms with van der Waals surface area (Å²) in [5, 5.41) is 13.5. The number of amides is 2. The molecule has 0 unspecified atom stereocenters. The number of rotatable bonds is 6. The fraction of sp³-hybridized carbons (Fsp3) is 0.158. The first-order valence-electron chi connectivity index (χ1n) is 8.58. The Morgan fingerprint density at radius 3 is 2.53 bits per heavy atom. The number of halogens is 4. The van der Waals surface area contributed by atoms with Gasteiger partial charge >= 0.3 is 6.18 Å². The van der Waals surface area contributed by atoms with E-state index in [1.807, 2.05) is 0 Å². The van der Waals surface area contributed by atoms with Gasteiger partial charge in [-0.25, -0.2) is 0 Å². The molecular weight excluding hydrogens is 441 g/mol. The summed E-state index contributed by atoms with van der Waals surface area (Å²) in [5.41, 5.74) is -0.741. The van der Waals surface area contributed by atoms with Crippen LogP contribution in [0.5, 0.6) is 0 Å². The Kier molecular flexibility index (Phi) is 6.68. The second kappa shape index (κ2) is 9.23.